The molecule has 3 heterocycles. The maximum atomic E-state index is 12.7. The van der Waals surface area contributed by atoms with E-state index in [0.29, 0.717) is 16.6 Å². The third-order valence-electron chi connectivity index (χ3n) is 8.03. The number of piperidine rings is 1. The summed E-state index contributed by atoms with van der Waals surface area (Å²) in [5.74, 6) is 0.735. The quantitative estimate of drug-likeness (QED) is 0.534. The van der Waals surface area contributed by atoms with Gasteiger partial charge in [-0.1, -0.05) is 54.6 Å². The molecule has 1 N–H and O–H groups in total. The summed E-state index contributed by atoms with van der Waals surface area (Å²) < 4.78 is 0. The van der Waals surface area contributed by atoms with Crippen molar-refractivity contribution in [1.29, 1.82) is 0 Å². The predicted molar refractivity (Wildman–Crippen MR) is 149 cm³/mol. The number of hydrogen-bond acceptors (Lipinski definition) is 5. The molecule has 0 unspecified atom stereocenters. The van der Waals surface area contributed by atoms with Crippen molar-refractivity contribution in [3.05, 3.63) is 57.7 Å². The second kappa shape index (κ2) is 12.1. The van der Waals surface area contributed by atoms with Crippen molar-refractivity contribution in [3.63, 3.8) is 0 Å². The molecule has 1 aromatic carbocycles. The average Bonchev–Trinajstić information content (AvgIpc) is 2.91. The molecule has 0 atom stereocenters. The maximum Gasteiger partial charge on any atom is 0.253 e. The minimum Gasteiger partial charge on any atom is -0.353 e. The van der Waals surface area contributed by atoms with Gasteiger partial charge in [-0.25, -0.2) is 4.98 Å². The monoisotopic (exact) mass is 531 g/mol. The number of benzene rings is 1. The number of carbonyl (C=O) groups excluding carboxylic acids is 1. The molecule has 0 spiro atoms. The van der Waals surface area contributed by atoms with Gasteiger partial charge in [0.05, 0.1) is 10.6 Å². The molecule has 0 bridgehead atoms. The molecule has 8 heteroatoms. The van der Waals surface area contributed by atoms with Crippen molar-refractivity contribution in [3.8, 4) is 0 Å². The molecule has 1 amide bonds. The number of nitrogens with one attached hydrogen (secondary N) is 1. The standard InChI is InChI=1S/C28H37Cl2N5O.H2/c29-23-8-6-21(7-9-23)20-33-12-10-25(11-13-33)34-14-16-35(17-15-34)27-26(30)18-22(19-31-27)28(36)32-24-4-2-1-3-5-24;/h6-9,18-19,24-25H,1-5,10-17,20H2,(H,32,36);1H. The van der Waals surface area contributed by atoms with E-state index in [2.05, 4.69) is 37.1 Å². The Morgan fingerprint density at radius 2 is 1.64 bits per heavy atom. The lowest BCUT2D eigenvalue weighted by Crippen LogP contribution is -2.53. The van der Waals surface area contributed by atoms with Crippen molar-refractivity contribution >= 4 is 34.9 Å². The Labute approximate surface area is 226 Å². The molecule has 1 aromatic heterocycles. The van der Waals surface area contributed by atoms with Gasteiger partial charge in [0, 0.05) is 57.5 Å². The molecule has 1 aliphatic carbocycles. The van der Waals surface area contributed by atoms with Gasteiger partial charge in [-0.05, 0) is 62.5 Å². The highest BCUT2D eigenvalue weighted by Gasteiger charge is 2.28. The molecule has 1 saturated carbocycles. The Morgan fingerprint density at radius 1 is 0.944 bits per heavy atom. The molecule has 3 aliphatic rings. The zero-order valence-electron chi connectivity index (χ0n) is 21.0. The van der Waals surface area contributed by atoms with Crippen LogP contribution in [0.5, 0.6) is 0 Å². The fraction of sp³-hybridized carbons (Fsp3) is 0.571. The van der Waals surface area contributed by atoms with Gasteiger partial charge in [0.1, 0.15) is 5.82 Å². The Hall–Kier alpha value is -1.86. The van der Waals surface area contributed by atoms with E-state index in [1.165, 1.54) is 37.7 Å². The van der Waals surface area contributed by atoms with Crippen molar-refractivity contribution in [2.45, 2.75) is 63.6 Å². The highest BCUT2D eigenvalue weighted by molar-refractivity contribution is 6.33. The fourth-order valence-corrected chi connectivity index (χ4v) is 6.30. The van der Waals surface area contributed by atoms with Crippen LogP contribution >= 0.6 is 23.2 Å². The second-order valence-corrected chi connectivity index (χ2v) is 11.3. The van der Waals surface area contributed by atoms with Crippen LogP contribution in [-0.2, 0) is 6.54 Å². The third kappa shape index (κ3) is 6.52. The van der Waals surface area contributed by atoms with Gasteiger partial charge >= 0.3 is 0 Å². The summed E-state index contributed by atoms with van der Waals surface area (Å²) in [6.45, 7) is 7.11. The molecule has 36 heavy (non-hydrogen) atoms. The van der Waals surface area contributed by atoms with Crippen molar-refractivity contribution in [2.75, 3.05) is 44.2 Å². The smallest absolute Gasteiger partial charge is 0.253 e. The number of carbonyl (C=O) groups is 1. The van der Waals surface area contributed by atoms with Crippen LogP contribution in [0.2, 0.25) is 10.0 Å². The first kappa shape index (κ1) is 25.8. The number of nitrogens with zero attached hydrogens (tertiary/aromatic N) is 4. The molecule has 6 nitrogen and oxygen atoms in total. The lowest BCUT2D eigenvalue weighted by atomic mass is 9.95. The van der Waals surface area contributed by atoms with Gasteiger partial charge in [0.15, 0.2) is 0 Å². The van der Waals surface area contributed by atoms with Gasteiger partial charge in [-0.2, -0.15) is 0 Å². The fourth-order valence-electron chi connectivity index (χ4n) is 5.89. The van der Waals surface area contributed by atoms with Gasteiger partial charge in [0.2, 0.25) is 0 Å². The van der Waals surface area contributed by atoms with Crippen molar-refractivity contribution < 1.29 is 6.22 Å². The summed E-state index contributed by atoms with van der Waals surface area (Å²) in [6.07, 6.45) is 9.88. The van der Waals surface area contributed by atoms with E-state index in [4.69, 9.17) is 23.2 Å². The van der Waals surface area contributed by atoms with Gasteiger partial charge in [-0.3, -0.25) is 14.6 Å². The molecule has 3 fully saturated rings. The van der Waals surface area contributed by atoms with Crippen LogP contribution in [0.1, 0.15) is 62.3 Å². The van der Waals surface area contributed by atoms with E-state index in [0.717, 1.165) is 69.5 Å². The summed E-state index contributed by atoms with van der Waals surface area (Å²) in [5, 5.41) is 4.52. The topological polar surface area (TPSA) is 51.7 Å². The molecule has 2 aromatic rings. The molecule has 0 radical (unpaired) electrons. The summed E-state index contributed by atoms with van der Waals surface area (Å²) in [7, 11) is 0. The van der Waals surface area contributed by atoms with E-state index in [-0.39, 0.29) is 13.4 Å². The van der Waals surface area contributed by atoms with Crippen LogP contribution in [0.25, 0.3) is 0 Å². The molecular weight excluding hydrogens is 493 g/mol. The number of rotatable bonds is 6. The molecule has 196 valence electrons. The highest BCUT2D eigenvalue weighted by Crippen LogP contribution is 2.27. The van der Waals surface area contributed by atoms with Crippen LogP contribution in [0.4, 0.5) is 5.82 Å². The lowest BCUT2D eigenvalue weighted by molar-refractivity contribution is 0.0927. The number of piperazine rings is 1. The highest BCUT2D eigenvalue weighted by atomic mass is 35.5. The summed E-state index contributed by atoms with van der Waals surface area (Å²) in [5.41, 5.74) is 1.88. The van der Waals surface area contributed by atoms with E-state index >= 15 is 0 Å². The third-order valence-corrected chi connectivity index (χ3v) is 8.56. The number of halogens is 2. The number of anilines is 1. The first-order valence-electron chi connectivity index (χ1n) is 13.5. The van der Waals surface area contributed by atoms with Crippen LogP contribution < -0.4 is 10.2 Å². The Bertz CT molecular complexity index is 1020. The van der Waals surface area contributed by atoms with Gasteiger partial charge < -0.3 is 10.2 Å². The SMILES string of the molecule is O=C(NC1CCCCC1)c1cnc(N2CCN(C3CCN(Cc4ccc(Cl)cc4)CC3)CC2)c(Cl)c1.[HH]. The lowest BCUT2D eigenvalue weighted by Gasteiger charge is -2.43. The predicted octanol–water partition coefficient (Wildman–Crippen LogP) is 5.48. The zero-order chi connectivity index (χ0) is 24.9. The maximum absolute atomic E-state index is 12.7. The van der Waals surface area contributed by atoms with Crippen LogP contribution in [0.15, 0.2) is 36.5 Å². The normalized spacial score (nSPS) is 21.0. The van der Waals surface area contributed by atoms with Gasteiger partial charge in [0.25, 0.3) is 5.91 Å². The van der Waals surface area contributed by atoms with E-state index in [1.54, 1.807) is 12.3 Å². The second-order valence-electron chi connectivity index (χ2n) is 10.5. The van der Waals surface area contributed by atoms with Crippen molar-refractivity contribution in [1.82, 2.24) is 20.1 Å². The van der Waals surface area contributed by atoms with Crippen LogP contribution in [-0.4, -0.2) is 72.0 Å². The summed E-state index contributed by atoms with van der Waals surface area (Å²) in [4.78, 5) is 24.7. The first-order chi connectivity index (χ1) is 17.5. The minimum atomic E-state index is -0.0601. The molecule has 5 rings (SSSR count). The minimum absolute atomic E-state index is 0. The number of amides is 1. The van der Waals surface area contributed by atoms with E-state index in [1.807, 2.05) is 12.1 Å². The Kier molecular flexibility index (Phi) is 8.68. The average molecular weight is 533 g/mol. The van der Waals surface area contributed by atoms with Gasteiger partial charge in [-0.15, -0.1) is 0 Å². The summed E-state index contributed by atoms with van der Waals surface area (Å²) >= 11 is 12.6. The number of likely N-dealkylation sites (tertiary alicyclic amines) is 1. The Morgan fingerprint density at radius 3 is 2.31 bits per heavy atom. The zero-order valence-corrected chi connectivity index (χ0v) is 22.5. The van der Waals surface area contributed by atoms with Crippen LogP contribution in [0, 0.1) is 0 Å². The van der Waals surface area contributed by atoms with Crippen molar-refractivity contribution in [2.24, 2.45) is 0 Å². The first-order valence-corrected chi connectivity index (χ1v) is 14.2. The van der Waals surface area contributed by atoms with E-state index in [9.17, 15) is 4.79 Å². The molecule has 2 aliphatic heterocycles. The van der Waals surface area contributed by atoms with Crippen LogP contribution in [0.3, 0.4) is 0 Å². The van der Waals surface area contributed by atoms with E-state index < -0.39 is 0 Å². The Balaban J connectivity index is 0.00000320. The number of pyridine rings is 1. The number of aromatic nitrogens is 1. The summed E-state index contributed by atoms with van der Waals surface area (Å²) in [6, 6.07) is 10.9. The molecule has 2 saturated heterocycles. The molecular formula is C28H39Cl2N5O. The number of hydrogen-bond donors (Lipinski definition) is 1. The largest absolute Gasteiger partial charge is 0.353 e.